The van der Waals surface area contributed by atoms with Crippen LogP contribution >= 0.6 is 0 Å². The van der Waals surface area contributed by atoms with Gasteiger partial charge in [-0.15, -0.1) is 0 Å². The van der Waals surface area contributed by atoms with Crippen molar-refractivity contribution in [3.8, 4) is 11.1 Å². The minimum Gasteiger partial charge on any atom is -0.358 e. The second-order valence-electron chi connectivity index (χ2n) is 6.29. The van der Waals surface area contributed by atoms with Crippen molar-refractivity contribution in [2.24, 2.45) is 0 Å². The van der Waals surface area contributed by atoms with Gasteiger partial charge in [-0.3, -0.25) is 9.36 Å². The van der Waals surface area contributed by atoms with E-state index in [0.29, 0.717) is 11.5 Å². The van der Waals surface area contributed by atoms with Crippen LogP contribution in [0.25, 0.3) is 11.1 Å². The molecule has 0 aliphatic heterocycles. The first-order chi connectivity index (χ1) is 12.5. The first-order valence-electron chi connectivity index (χ1n) is 8.20. The molecule has 0 fully saturated rings. The van der Waals surface area contributed by atoms with Crippen molar-refractivity contribution in [1.29, 1.82) is 0 Å². The van der Waals surface area contributed by atoms with Gasteiger partial charge in [0.1, 0.15) is 12.7 Å². The van der Waals surface area contributed by atoms with Crippen molar-refractivity contribution in [1.82, 2.24) is 9.55 Å². The van der Waals surface area contributed by atoms with Gasteiger partial charge in [-0.25, -0.2) is 0 Å². The number of fused-ring (bicyclic) bond motifs is 3. The predicted octanol–water partition coefficient (Wildman–Crippen LogP) is 3.31. The SMILES string of the molecule is Cc1nc([N+](=O)[O-])cn1CC(=O)Nc1ccc2c(c1)Cc1ccccc1-2. The molecule has 1 amide bonds. The number of rotatable bonds is 4. The topological polar surface area (TPSA) is 90.1 Å². The number of anilines is 1. The van der Waals surface area contributed by atoms with E-state index in [1.165, 1.54) is 33.0 Å². The van der Waals surface area contributed by atoms with Gasteiger partial charge in [-0.1, -0.05) is 30.3 Å². The molecule has 130 valence electrons. The number of imidazole rings is 1. The molecule has 7 nitrogen and oxygen atoms in total. The molecule has 1 aliphatic rings. The quantitative estimate of drug-likeness (QED) is 0.452. The van der Waals surface area contributed by atoms with E-state index in [1.807, 2.05) is 30.3 Å². The van der Waals surface area contributed by atoms with Crippen LogP contribution in [0.1, 0.15) is 17.0 Å². The third-order valence-corrected chi connectivity index (χ3v) is 4.54. The lowest BCUT2D eigenvalue weighted by atomic mass is 10.1. The Labute approximate surface area is 149 Å². The van der Waals surface area contributed by atoms with Crippen LogP contribution in [0, 0.1) is 17.0 Å². The number of nitrogens with one attached hydrogen (secondary N) is 1. The minimum absolute atomic E-state index is 0.0238. The molecule has 0 saturated heterocycles. The Morgan fingerprint density at radius 3 is 2.77 bits per heavy atom. The molecule has 0 unspecified atom stereocenters. The first-order valence-corrected chi connectivity index (χ1v) is 8.20. The molecule has 1 aliphatic carbocycles. The van der Waals surface area contributed by atoms with Crippen molar-refractivity contribution >= 4 is 17.4 Å². The minimum atomic E-state index is -0.570. The van der Waals surface area contributed by atoms with E-state index in [9.17, 15) is 14.9 Å². The molecule has 1 aromatic heterocycles. The zero-order valence-corrected chi connectivity index (χ0v) is 14.1. The summed E-state index contributed by atoms with van der Waals surface area (Å²) in [4.78, 5) is 26.3. The van der Waals surface area contributed by atoms with Crippen LogP contribution in [-0.4, -0.2) is 20.4 Å². The van der Waals surface area contributed by atoms with Gasteiger partial charge in [0, 0.05) is 12.6 Å². The van der Waals surface area contributed by atoms with Gasteiger partial charge in [0.25, 0.3) is 0 Å². The Balaban J connectivity index is 1.49. The van der Waals surface area contributed by atoms with Crippen LogP contribution in [-0.2, 0) is 17.8 Å². The number of nitrogens with zero attached hydrogens (tertiary/aromatic N) is 3. The fourth-order valence-electron chi connectivity index (χ4n) is 3.32. The highest BCUT2D eigenvalue weighted by Crippen LogP contribution is 2.37. The fraction of sp³-hybridized carbons (Fsp3) is 0.158. The number of nitro groups is 1. The lowest BCUT2D eigenvalue weighted by Crippen LogP contribution is -2.19. The second-order valence-corrected chi connectivity index (χ2v) is 6.29. The molecule has 0 atom stereocenters. The van der Waals surface area contributed by atoms with E-state index in [2.05, 4.69) is 22.4 Å². The van der Waals surface area contributed by atoms with Gasteiger partial charge >= 0.3 is 5.82 Å². The number of hydrogen-bond donors (Lipinski definition) is 1. The smallest absolute Gasteiger partial charge is 0.358 e. The molecule has 1 N–H and O–H groups in total. The highest BCUT2D eigenvalue weighted by molar-refractivity contribution is 5.91. The maximum absolute atomic E-state index is 12.3. The van der Waals surface area contributed by atoms with E-state index in [4.69, 9.17) is 0 Å². The van der Waals surface area contributed by atoms with E-state index in [-0.39, 0.29) is 18.3 Å². The van der Waals surface area contributed by atoms with Crippen molar-refractivity contribution in [2.45, 2.75) is 19.9 Å². The van der Waals surface area contributed by atoms with Gasteiger partial charge < -0.3 is 15.4 Å². The number of hydrogen-bond acceptors (Lipinski definition) is 4. The molecule has 1 heterocycles. The third-order valence-electron chi connectivity index (χ3n) is 4.54. The van der Waals surface area contributed by atoms with E-state index in [0.717, 1.165) is 6.42 Å². The predicted molar refractivity (Wildman–Crippen MR) is 96.9 cm³/mol. The first kappa shape index (κ1) is 16.0. The van der Waals surface area contributed by atoms with Gasteiger partial charge in [-0.2, -0.15) is 0 Å². The Kier molecular flexibility index (Phi) is 3.76. The lowest BCUT2D eigenvalue weighted by Gasteiger charge is -2.08. The number of carbonyl (C=O) groups is 1. The maximum Gasteiger partial charge on any atom is 0.381 e. The summed E-state index contributed by atoms with van der Waals surface area (Å²) in [5.41, 5.74) is 5.61. The summed E-state index contributed by atoms with van der Waals surface area (Å²) < 4.78 is 1.47. The molecule has 7 heteroatoms. The van der Waals surface area contributed by atoms with Crippen LogP contribution in [0.5, 0.6) is 0 Å². The van der Waals surface area contributed by atoms with Crippen LogP contribution in [0.2, 0.25) is 0 Å². The molecular formula is C19H16N4O3. The zero-order chi connectivity index (χ0) is 18.3. The molecule has 0 spiro atoms. The Morgan fingerprint density at radius 1 is 1.23 bits per heavy atom. The molecule has 0 saturated carbocycles. The van der Waals surface area contributed by atoms with Crippen LogP contribution < -0.4 is 5.32 Å². The number of benzene rings is 2. The average Bonchev–Trinajstić information content (AvgIpc) is 3.15. The lowest BCUT2D eigenvalue weighted by molar-refractivity contribution is -0.389. The average molecular weight is 348 g/mol. The van der Waals surface area contributed by atoms with Gasteiger partial charge in [0.05, 0.1) is 0 Å². The monoisotopic (exact) mass is 348 g/mol. The van der Waals surface area contributed by atoms with Gasteiger partial charge in [0.2, 0.25) is 11.7 Å². The van der Waals surface area contributed by atoms with Gasteiger partial charge in [0.15, 0.2) is 0 Å². The number of amides is 1. The van der Waals surface area contributed by atoms with E-state index >= 15 is 0 Å². The third kappa shape index (κ3) is 2.83. The standard InChI is InChI=1S/C19H16N4O3/c1-12-20-18(23(25)26)10-22(12)11-19(24)21-15-6-7-17-14(9-15)8-13-4-2-3-5-16(13)17/h2-7,9-10H,8,11H2,1H3,(H,21,24). The molecule has 3 aromatic rings. The summed E-state index contributed by atoms with van der Waals surface area (Å²) >= 11 is 0. The summed E-state index contributed by atoms with van der Waals surface area (Å²) in [6, 6.07) is 14.1. The van der Waals surface area contributed by atoms with Crippen molar-refractivity contribution in [3.63, 3.8) is 0 Å². The van der Waals surface area contributed by atoms with Crippen LogP contribution in [0.4, 0.5) is 11.5 Å². The molecule has 0 bridgehead atoms. The van der Waals surface area contributed by atoms with Crippen LogP contribution in [0.15, 0.2) is 48.7 Å². The summed E-state index contributed by atoms with van der Waals surface area (Å²) in [5, 5.41) is 13.6. The summed E-state index contributed by atoms with van der Waals surface area (Å²) in [6.07, 6.45) is 2.12. The zero-order valence-electron chi connectivity index (χ0n) is 14.1. The Bertz CT molecular complexity index is 1040. The van der Waals surface area contributed by atoms with Crippen molar-refractivity contribution in [3.05, 3.63) is 75.7 Å². The second kappa shape index (κ2) is 6.11. The maximum atomic E-state index is 12.3. The van der Waals surface area contributed by atoms with E-state index in [1.54, 1.807) is 6.92 Å². The van der Waals surface area contributed by atoms with E-state index < -0.39 is 4.92 Å². The number of aromatic nitrogens is 2. The highest BCUT2D eigenvalue weighted by atomic mass is 16.6. The summed E-state index contributed by atoms with van der Waals surface area (Å²) in [7, 11) is 0. The Morgan fingerprint density at radius 2 is 2.00 bits per heavy atom. The van der Waals surface area contributed by atoms with Crippen molar-refractivity contribution < 1.29 is 9.72 Å². The molecular weight excluding hydrogens is 332 g/mol. The normalized spacial score (nSPS) is 11.7. The molecule has 2 aromatic carbocycles. The fourth-order valence-corrected chi connectivity index (χ4v) is 3.32. The summed E-state index contributed by atoms with van der Waals surface area (Å²) in [6.45, 7) is 1.61. The number of aryl methyl sites for hydroxylation is 1. The van der Waals surface area contributed by atoms with Crippen molar-refractivity contribution in [2.75, 3.05) is 5.32 Å². The molecule has 4 rings (SSSR count). The highest BCUT2D eigenvalue weighted by Gasteiger charge is 2.19. The van der Waals surface area contributed by atoms with Crippen LogP contribution in [0.3, 0.4) is 0 Å². The molecule has 26 heavy (non-hydrogen) atoms. The largest absolute Gasteiger partial charge is 0.381 e. The van der Waals surface area contributed by atoms with Gasteiger partial charge in [-0.05, 0) is 50.7 Å². The summed E-state index contributed by atoms with van der Waals surface area (Å²) in [5.74, 6) is -0.0855. The number of carbonyl (C=O) groups excluding carboxylic acids is 1. The Hall–Kier alpha value is -3.48. The molecule has 0 radical (unpaired) electrons.